The van der Waals surface area contributed by atoms with Gasteiger partial charge in [0.1, 0.15) is 17.2 Å². The topological polar surface area (TPSA) is 55.5 Å². The monoisotopic (exact) mass is 357 g/mol. The molecular formula is C23H19NO3. The van der Waals surface area contributed by atoms with Gasteiger partial charge in [0.2, 0.25) is 0 Å². The molecule has 0 saturated carbocycles. The smallest absolute Gasteiger partial charge is 0.173 e. The van der Waals surface area contributed by atoms with Gasteiger partial charge in [-0.1, -0.05) is 47.1 Å². The number of rotatable bonds is 5. The Morgan fingerprint density at radius 3 is 2.30 bits per heavy atom. The molecule has 134 valence electrons. The molecule has 0 aliphatic carbocycles. The SMILES string of the molecule is Cc1cccc(-c2onc(-c3ccc(Oc4ccccc4)cc3)c2CO)c1. The Hall–Kier alpha value is -3.37. The summed E-state index contributed by atoms with van der Waals surface area (Å²) in [5.74, 6) is 2.11. The zero-order valence-electron chi connectivity index (χ0n) is 14.9. The highest BCUT2D eigenvalue weighted by atomic mass is 16.5. The van der Waals surface area contributed by atoms with Gasteiger partial charge in [-0.3, -0.25) is 0 Å². The summed E-state index contributed by atoms with van der Waals surface area (Å²) in [5.41, 5.74) is 4.21. The molecule has 4 heteroatoms. The van der Waals surface area contributed by atoms with Crippen LogP contribution in [0.1, 0.15) is 11.1 Å². The predicted octanol–water partition coefficient (Wildman–Crippen LogP) is 5.60. The number of aliphatic hydroxyl groups excluding tert-OH is 1. The lowest BCUT2D eigenvalue weighted by atomic mass is 10.0. The third-order valence-electron chi connectivity index (χ3n) is 4.33. The zero-order valence-corrected chi connectivity index (χ0v) is 14.9. The third-order valence-corrected chi connectivity index (χ3v) is 4.33. The summed E-state index contributed by atoms with van der Waals surface area (Å²) in [4.78, 5) is 0. The average Bonchev–Trinajstić information content (AvgIpc) is 3.13. The molecule has 27 heavy (non-hydrogen) atoms. The molecule has 1 N–H and O–H groups in total. The van der Waals surface area contributed by atoms with Crippen molar-refractivity contribution >= 4 is 0 Å². The Balaban J connectivity index is 1.64. The van der Waals surface area contributed by atoms with Crippen molar-refractivity contribution in [3.8, 4) is 34.1 Å². The number of hydrogen-bond donors (Lipinski definition) is 1. The number of ether oxygens (including phenoxy) is 1. The third kappa shape index (κ3) is 3.61. The fourth-order valence-corrected chi connectivity index (χ4v) is 3.00. The number of hydrogen-bond acceptors (Lipinski definition) is 4. The molecule has 4 nitrogen and oxygen atoms in total. The van der Waals surface area contributed by atoms with Gasteiger partial charge in [-0.25, -0.2) is 0 Å². The summed E-state index contributed by atoms with van der Waals surface area (Å²) >= 11 is 0. The fourth-order valence-electron chi connectivity index (χ4n) is 3.00. The van der Waals surface area contributed by atoms with Crippen LogP contribution in [-0.4, -0.2) is 10.3 Å². The summed E-state index contributed by atoms with van der Waals surface area (Å²) in [6.45, 7) is 1.87. The first-order valence-corrected chi connectivity index (χ1v) is 8.74. The molecule has 4 aromatic rings. The van der Waals surface area contributed by atoms with Crippen molar-refractivity contribution in [2.45, 2.75) is 13.5 Å². The van der Waals surface area contributed by atoms with E-state index in [4.69, 9.17) is 9.26 Å². The van der Waals surface area contributed by atoms with Crippen molar-refractivity contribution in [3.05, 3.63) is 90.0 Å². The van der Waals surface area contributed by atoms with Crippen LogP contribution in [0, 0.1) is 6.92 Å². The quantitative estimate of drug-likeness (QED) is 0.505. The summed E-state index contributed by atoms with van der Waals surface area (Å²) in [7, 11) is 0. The van der Waals surface area contributed by atoms with Crippen molar-refractivity contribution in [2.75, 3.05) is 0 Å². The fraction of sp³-hybridized carbons (Fsp3) is 0.0870. The lowest BCUT2D eigenvalue weighted by molar-refractivity contribution is 0.281. The highest BCUT2D eigenvalue weighted by molar-refractivity contribution is 5.73. The number of aryl methyl sites for hydroxylation is 1. The van der Waals surface area contributed by atoms with Gasteiger partial charge >= 0.3 is 0 Å². The van der Waals surface area contributed by atoms with E-state index in [2.05, 4.69) is 5.16 Å². The minimum Gasteiger partial charge on any atom is -0.457 e. The van der Waals surface area contributed by atoms with Crippen molar-refractivity contribution < 1.29 is 14.4 Å². The van der Waals surface area contributed by atoms with Gasteiger partial charge in [0, 0.05) is 11.1 Å². The molecule has 0 atom stereocenters. The molecule has 3 aromatic carbocycles. The predicted molar refractivity (Wildman–Crippen MR) is 105 cm³/mol. The first kappa shape index (κ1) is 17.1. The molecule has 0 saturated heterocycles. The first-order valence-electron chi connectivity index (χ1n) is 8.74. The van der Waals surface area contributed by atoms with E-state index in [-0.39, 0.29) is 6.61 Å². The highest BCUT2D eigenvalue weighted by Crippen LogP contribution is 2.33. The van der Waals surface area contributed by atoms with E-state index in [1.54, 1.807) is 0 Å². The second-order valence-corrected chi connectivity index (χ2v) is 6.31. The van der Waals surface area contributed by atoms with Gasteiger partial charge in [-0.05, 0) is 49.4 Å². The van der Waals surface area contributed by atoms with Crippen LogP contribution >= 0.6 is 0 Å². The second-order valence-electron chi connectivity index (χ2n) is 6.31. The lowest BCUT2D eigenvalue weighted by Gasteiger charge is -2.06. The second kappa shape index (κ2) is 7.48. The van der Waals surface area contributed by atoms with E-state index in [1.165, 1.54) is 0 Å². The molecule has 0 radical (unpaired) electrons. The van der Waals surface area contributed by atoms with E-state index in [0.29, 0.717) is 17.0 Å². The number of benzene rings is 3. The maximum Gasteiger partial charge on any atom is 0.173 e. The molecule has 1 aromatic heterocycles. The Labute approximate surface area is 157 Å². The molecule has 4 rings (SSSR count). The maximum atomic E-state index is 9.90. The van der Waals surface area contributed by atoms with Gasteiger partial charge in [0.25, 0.3) is 0 Å². The van der Waals surface area contributed by atoms with Gasteiger partial charge in [-0.2, -0.15) is 0 Å². The summed E-state index contributed by atoms with van der Waals surface area (Å²) in [6, 6.07) is 25.1. The minimum absolute atomic E-state index is 0.148. The number of aliphatic hydroxyl groups is 1. The van der Waals surface area contributed by atoms with Gasteiger partial charge in [0.15, 0.2) is 5.76 Å². The van der Waals surface area contributed by atoms with E-state index in [0.717, 1.165) is 28.2 Å². The van der Waals surface area contributed by atoms with Crippen molar-refractivity contribution in [1.29, 1.82) is 0 Å². The Bertz CT molecular complexity index is 1040. The molecule has 0 aliphatic rings. The van der Waals surface area contributed by atoms with Crippen molar-refractivity contribution in [3.63, 3.8) is 0 Å². The Morgan fingerprint density at radius 1 is 0.852 bits per heavy atom. The first-order chi connectivity index (χ1) is 13.2. The molecule has 0 spiro atoms. The van der Waals surface area contributed by atoms with Crippen LogP contribution in [0.3, 0.4) is 0 Å². The van der Waals surface area contributed by atoms with E-state index in [1.807, 2.05) is 85.8 Å². The number of nitrogens with zero attached hydrogens (tertiary/aromatic N) is 1. The van der Waals surface area contributed by atoms with Gasteiger partial charge < -0.3 is 14.4 Å². The minimum atomic E-state index is -0.148. The lowest BCUT2D eigenvalue weighted by Crippen LogP contribution is -1.90. The summed E-state index contributed by atoms with van der Waals surface area (Å²) in [5, 5.41) is 14.1. The molecular weight excluding hydrogens is 338 g/mol. The van der Waals surface area contributed by atoms with Crippen molar-refractivity contribution in [1.82, 2.24) is 5.16 Å². The van der Waals surface area contributed by atoms with Crippen LogP contribution in [0.5, 0.6) is 11.5 Å². The molecule has 1 heterocycles. The van der Waals surface area contributed by atoms with Crippen LogP contribution < -0.4 is 4.74 Å². The summed E-state index contributed by atoms with van der Waals surface area (Å²) < 4.78 is 11.4. The molecule has 0 amide bonds. The van der Waals surface area contributed by atoms with Crippen LogP contribution in [0.15, 0.2) is 83.4 Å². The number of aromatic nitrogens is 1. The van der Waals surface area contributed by atoms with E-state index < -0.39 is 0 Å². The molecule has 0 fully saturated rings. The molecule has 0 bridgehead atoms. The maximum absolute atomic E-state index is 9.90. The van der Waals surface area contributed by atoms with E-state index >= 15 is 0 Å². The van der Waals surface area contributed by atoms with Crippen LogP contribution in [0.2, 0.25) is 0 Å². The van der Waals surface area contributed by atoms with Crippen LogP contribution in [-0.2, 0) is 6.61 Å². The standard InChI is InChI=1S/C23H19NO3/c1-16-6-5-7-18(14-16)23-21(15-25)22(24-27-23)17-10-12-20(13-11-17)26-19-8-3-2-4-9-19/h2-14,25H,15H2,1H3. The zero-order chi connectivity index (χ0) is 18.6. The Kier molecular flexibility index (Phi) is 4.73. The number of para-hydroxylation sites is 1. The highest BCUT2D eigenvalue weighted by Gasteiger charge is 2.18. The van der Waals surface area contributed by atoms with Gasteiger partial charge in [-0.15, -0.1) is 0 Å². The van der Waals surface area contributed by atoms with Crippen molar-refractivity contribution in [2.24, 2.45) is 0 Å². The van der Waals surface area contributed by atoms with Crippen LogP contribution in [0.25, 0.3) is 22.6 Å². The normalized spacial score (nSPS) is 10.7. The molecule has 0 unspecified atom stereocenters. The van der Waals surface area contributed by atoms with Crippen LogP contribution in [0.4, 0.5) is 0 Å². The Morgan fingerprint density at radius 2 is 1.59 bits per heavy atom. The van der Waals surface area contributed by atoms with E-state index in [9.17, 15) is 5.11 Å². The van der Waals surface area contributed by atoms with Gasteiger partial charge in [0.05, 0.1) is 12.2 Å². The average molecular weight is 357 g/mol. The summed E-state index contributed by atoms with van der Waals surface area (Å²) in [6.07, 6.45) is 0. The largest absolute Gasteiger partial charge is 0.457 e. The molecule has 0 aliphatic heterocycles.